The highest BCUT2D eigenvalue weighted by Gasteiger charge is 2.22. The van der Waals surface area contributed by atoms with Crippen molar-refractivity contribution in [1.29, 1.82) is 0 Å². The Kier molecular flexibility index (Phi) is 8.01. The van der Waals surface area contributed by atoms with E-state index in [4.69, 9.17) is 9.72 Å². The number of amides is 1. The van der Waals surface area contributed by atoms with Crippen molar-refractivity contribution in [3.63, 3.8) is 0 Å². The Morgan fingerprint density at radius 2 is 2.00 bits per heavy atom. The summed E-state index contributed by atoms with van der Waals surface area (Å²) in [5.74, 6) is 1.02. The SMILES string of the molecule is CCSc1ccc(C(=O)N(CCCN2CCOCC2)c2nc3ccc(Br)cc3s2)cc1. The van der Waals surface area contributed by atoms with Crippen LogP contribution in [0.4, 0.5) is 5.13 Å². The van der Waals surface area contributed by atoms with Gasteiger partial charge in [0, 0.05) is 41.1 Å². The summed E-state index contributed by atoms with van der Waals surface area (Å²) in [6, 6.07) is 14.0. The van der Waals surface area contributed by atoms with Gasteiger partial charge in [0.05, 0.1) is 23.4 Å². The highest BCUT2D eigenvalue weighted by molar-refractivity contribution is 9.10. The molecule has 2 aromatic carbocycles. The molecule has 0 unspecified atom stereocenters. The van der Waals surface area contributed by atoms with Crippen molar-refractivity contribution in [2.45, 2.75) is 18.2 Å². The number of benzene rings is 2. The van der Waals surface area contributed by atoms with Crippen LogP contribution in [0.15, 0.2) is 51.8 Å². The molecule has 164 valence electrons. The summed E-state index contributed by atoms with van der Waals surface area (Å²) in [4.78, 5) is 23.7. The van der Waals surface area contributed by atoms with Gasteiger partial charge in [0.2, 0.25) is 0 Å². The number of anilines is 1. The normalized spacial score (nSPS) is 14.8. The molecule has 5 nitrogen and oxygen atoms in total. The third-order valence-electron chi connectivity index (χ3n) is 5.19. The van der Waals surface area contributed by atoms with E-state index in [9.17, 15) is 4.79 Å². The smallest absolute Gasteiger partial charge is 0.260 e. The zero-order chi connectivity index (χ0) is 21.6. The predicted octanol–water partition coefficient (Wildman–Crippen LogP) is 5.54. The molecule has 0 spiro atoms. The van der Waals surface area contributed by atoms with Crippen molar-refractivity contribution in [2.75, 3.05) is 50.0 Å². The summed E-state index contributed by atoms with van der Waals surface area (Å²) >= 11 is 6.88. The van der Waals surface area contributed by atoms with Gasteiger partial charge in [0.1, 0.15) is 0 Å². The average molecular weight is 521 g/mol. The molecule has 8 heteroatoms. The number of aromatic nitrogens is 1. The summed E-state index contributed by atoms with van der Waals surface area (Å²) in [7, 11) is 0. The van der Waals surface area contributed by atoms with Gasteiger partial charge < -0.3 is 4.74 Å². The average Bonchev–Trinajstić information content (AvgIpc) is 3.20. The fraction of sp³-hybridized carbons (Fsp3) is 0.391. The molecule has 0 saturated carbocycles. The zero-order valence-electron chi connectivity index (χ0n) is 17.6. The molecule has 1 amide bonds. The number of halogens is 1. The van der Waals surface area contributed by atoms with Crippen LogP contribution in [0.2, 0.25) is 0 Å². The van der Waals surface area contributed by atoms with E-state index >= 15 is 0 Å². The molecule has 1 aliphatic heterocycles. The number of fused-ring (bicyclic) bond motifs is 1. The monoisotopic (exact) mass is 519 g/mol. The molecular weight excluding hydrogens is 494 g/mol. The van der Waals surface area contributed by atoms with E-state index in [-0.39, 0.29) is 5.91 Å². The predicted molar refractivity (Wildman–Crippen MR) is 134 cm³/mol. The summed E-state index contributed by atoms with van der Waals surface area (Å²) in [6.07, 6.45) is 0.898. The fourth-order valence-corrected chi connectivity index (χ4v) is 5.78. The summed E-state index contributed by atoms with van der Waals surface area (Å²) < 4.78 is 7.53. The third-order valence-corrected chi connectivity index (χ3v) is 7.62. The maximum atomic E-state index is 13.5. The Balaban J connectivity index is 1.55. The van der Waals surface area contributed by atoms with Crippen molar-refractivity contribution < 1.29 is 9.53 Å². The highest BCUT2D eigenvalue weighted by atomic mass is 79.9. The number of thioether (sulfide) groups is 1. The van der Waals surface area contributed by atoms with Crippen LogP contribution < -0.4 is 4.90 Å². The number of nitrogens with zero attached hydrogens (tertiary/aromatic N) is 3. The molecule has 2 heterocycles. The van der Waals surface area contributed by atoms with E-state index in [0.717, 1.165) is 64.8 Å². The molecular formula is C23H26BrN3O2S2. The van der Waals surface area contributed by atoms with E-state index < -0.39 is 0 Å². The summed E-state index contributed by atoms with van der Waals surface area (Å²) in [5.41, 5.74) is 1.62. The Labute approximate surface area is 199 Å². The minimum Gasteiger partial charge on any atom is -0.379 e. The highest BCUT2D eigenvalue weighted by Crippen LogP contribution is 2.32. The molecule has 1 aliphatic rings. The van der Waals surface area contributed by atoms with Crippen LogP contribution in [0.5, 0.6) is 0 Å². The zero-order valence-corrected chi connectivity index (χ0v) is 20.8. The largest absolute Gasteiger partial charge is 0.379 e. The summed E-state index contributed by atoms with van der Waals surface area (Å²) in [6.45, 7) is 7.22. The molecule has 0 N–H and O–H groups in total. The molecule has 3 aromatic rings. The van der Waals surface area contributed by atoms with Gasteiger partial charge in [0.25, 0.3) is 5.91 Å². The van der Waals surface area contributed by atoms with E-state index in [1.165, 1.54) is 4.90 Å². The van der Waals surface area contributed by atoms with Crippen LogP contribution in [0, 0.1) is 0 Å². The molecule has 1 fully saturated rings. The number of hydrogen-bond acceptors (Lipinski definition) is 6. The molecule has 31 heavy (non-hydrogen) atoms. The second-order valence-corrected chi connectivity index (χ2v) is 10.6. The lowest BCUT2D eigenvalue weighted by atomic mass is 10.2. The molecule has 1 saturated heterocycles. The van der Waals surface area contributed by atoms with E-state index in [0.29, 0.717) is 12.1 Å². The van der Waals surface area contributed by atoms with Gasteiger partial charge in [-0.15, -0.1) is 11.8 Å². The van der Waals surface area contributed by atoms with Crippen LogP contribution in [-0.2, 0) is 4.74 Å². The second-order valence-electron chi connectivity index (χ2n) is 7.33. The molecule has 0 atom stereocenters. The Morgan fingerprint density at radius 3 is 2.74 bits per heavy atom. The molecule has 4 rings (SSSR count). The van der Waals surface area contributed by atoms with Crippen LogP contribution in [0.3, 0.4) is 0 Å². The number of thiazole rings is 1. The topological polar surface area (TPSA) is 45.7 Å². The Morgan fingerprint density at radius 1 is 1.23 bits per heavy atom. The Hall–Kier alpha value is -1.45. The van der Waals surface area contributed by atoms with Crippen LogP contribution in [-0.4, -0.2) is 60.9 Å². The van der Waals surface area contributed by atoms with Gasteiger partial charge in [-0.2, -0.15) is 0 Å². The van der Waals surface area contributed by atoms with Crippen molar-refractivity contribution in [3.8, 4) is 0 Å². The number of carbonyl (C=O) groups excluding carboxylic acids is 1. The van der Waals surface area contributed by atoms with Gasteiger partial charge in [0.15, 0.2) is 5.13 Å². The lowest BCUT2D eigenvalue weighted by Gasteiger charge is -2.27. The standard InChI is InChI=1S/C23H26BrN3O2S2/c1-2-30-19-7-4-17(5-8-19)22(28)27(11-3-10-26-12-14-29-15-13-26)23-25-20-9-6-18(24)16-21(20)31-23/h4-9,16H,2-3,10-15H2,1H3. The quantitative estimate of drug-likeness (QED) is 0.365. The minimum atomic E-state index is 0.00754. The third kappa shape index (κ3) is 5.87. The number of ether oxygens (including phenoxy) is 1. The number of hydrogen-bond donors (Lipinski definition) is 0. The lowest BCUT2D eigenvalue weighted by molar-refractivity contribution is 0.0376. The van der Waals surface area contributed by atoms with Gasteiger partial charge in [-0.3, -0.25) is 14.6 Å². The fourth-order valence-electron chi connectivity index (χ4n) is 3.58. The summed E-state index contributed by atoms with van der Waals surface area (Å²) in [5, 5.41) is 0.757. The second kappa shape index (κ2) is 10.9. The first-order chi connectivity index (χ1) is 15.1. The lowest BCUT2D eigenvalue weighted by Crippen LogP contribution is -2.39. The minimum absolute atomic E-state index is 0.00754. The van der Waals surface area contributed by atoms with Crippen LogP contribution in [0.25, 0.3) is 10.2 Å². The molecule has 1 aromatic heterocycles. The van der Waals surface area contributed by atoms with Crippen molar-refractivity contribution >= 4 is 60.3 Å². The maximum Gasteiger partial charge on any atom is 0.260 e. The maximum absolute atomic E-state index is 13.5. The van der Waals surface area contributed by atoms with Crippen molar-refractivity contribution in [1.82, 2.24) is 9.88 Å². The van der Waals surface area contributed by atoms with Gasteiger partial charge in [-0.1, -0.05) is 34.2 Å². The van der Waals surface area contributed by atoms with Gasteiger partial charge >= 0.3 is 0 Å². The number of rotatable bonds is 8. The van der Waals surface area contributed by atoms with Gasteiger partial charge in [-0.05, 0) is 54.6 Å². The molecule has 0 aliphatic carbocycles. The first-order valence-electron chi connectivity index (χ1n) is 10.5. The molecule has 0 radical (unpaired) electrons. The number of morpholine rings is 1. The first-order valence-corrected chi connectivity index (χ1v) is 13.1. The van der Waals surface area contributed by atoms with Crippen molar-refractivity contribution in [3.05, 3.63) is 52.5 Å². The van der Waals surface area contributed by atoms with E-state index in [2.05, 4.69) is 33.8 Å². The Bertz CT molecular complexity index is 1020. The van der Waals surface area contributed by atoms with Crippen LogP contribution in [0.1, 0.15) is 23.7 Å². The van der Waals surface area contributed by atoms with Gasteiger partial charge in [-0.25, -0.2) is 4.98 Å². The number of carbonyl (C=O) groups is 1. The molecule has 0 bridgehead atoms. The van der Waals surface area contributed by atoms with Crippen molar-refractivity contribution in [2.24, 2.45) is 0 Å². The van der Waals surface area contributed by atoms with E-state index in [1.54, 1.807) is 23.1 Å². The van der Waals surface area contributed by atoms with Crippen LogP contribution >= 0.6 is 39.0 Å². The van der Waals surface area contributed by atoms with E-state index in [1.807, 2.05) is 41.3 Å². The first kappa shape index (κ1) is 22.7.